The Morgan fingerprint density at radius 1 is 0.432 bits per heavy atom. The first-order valence-corrected chi connectivity index (χ1v) is 31.2. The van der Waals surface area contributed by atoms with E-state index < -0.39 is 133 Å². The molecule has 0 saturated carbocycles. The lowest BCUT2D eigenvalue weighted by Gasteiger charge is -2.31. The molecule has 496 valence electrons. The van der Waals surface area contributed by atoms with Gasteiger partial charge in [0.25, 0.3) is 0 Å². The lowest BCUT2D eigenvalue weighted by Crippen LogP contribution is -2.59. The number of nitrogens with two attached hydrogens (primary N) is 4. The van der Waals surface area contributed by atoms with Crippen molar-refractivity contribution in [3.8, 4) is 0 Å². The number of fused-ring (bicyclic) bond motifs is 2. The van der Waals surface area contributed by atoms with Crippen LogP contribution in [0.3, 0.4) is 0 Å². The maximum Gasteiger partial charge on any atom is 0.407 e. The second kappa shape index (κ2) is 43.2. The quantitative estimate of drug-likeness (QED) is 0.0268. The van der Waals surface area contributed by atoms with E-state index in [0.29, 0.717) is 77.0 Å². The van der Waals surface area contributed by atoms with E-state index in [9.17, 15) is 57.5 Å². The van der Waals surface area contributed by atoms with Gasteiger partial charge < -0.3 is 95.4 Å². The molecule has 0 spiro atoms. The number of nitrogens with zero attached hydrogens (tertiary/aromatic N) is 2. The van der Waals surface area contributed by atoms with Gasteiger partial charge in [-0.3, -0.25) is 47.9 Å². The van der Waals surface area contributed by atoms with Gasteiger partial charge in [0.05, 0.1) is 13.1 Å². The standard InChI is InChI=1S/C58H100N16O14/c1-3-35-87-57(85)63-31-15-9-21-41-51(79)71-43(23-7-13-29-61)55(83)73-33-17-25-45(73)53(81)66-38-48(76)68-40(20-6-12-28-60)50(78)70-42(22-10-16-32-64-58(86)88-36-4-2)52(80)72-44(24-8-14-30-62)56(84)74-34-18-26-46(74)54(82)65-37-47(75)67-39(49(77)69-41)19-5-11-27-59/h3-4,39-46H,1-2,5-38,59-62H2,(H,63,85)(H,64,86)(H,65,82)(H,66,81)(H,67,75)(H,68,76)(H,69,77)(H,70,78)(H,71,79)(H,72,80)/t39-,40-,41-,42-,43-,44-,45-,46-/m0/s1. The maximum absolute atomic E-state index is 14.6. The van der Waals surface area contributed by atoms with Gasteiger partial charge in [-0.1, -0.05) is 25.3 Å². The second-order valence-electron chi connectivity index (χ2n) is 22.1. The van der Waals surface area contributed by atoms with Crippen LogP contribution in [0.1, 0.15) is 141 Å². The highest BCUT2D eigenvalue weighted by Crippen LogP contribution is 2.22. The van der Waals surface area contributed by atoms with E-state index in [4.69, 9.17) is 32.4 Å². The SMILES string of the molecule is C=CCOC(=O)NCCCC[C@@H]1NC(=O)[C@H](CCCCN)NC(=O)CNC(=O)[C@@H]2CCCN2C(=O)[C@H](CCCCN)NC(=O)[C@H](CCCCNC(=O)OCC=C)NC(=O)[C@H](CCCCN)NC(=O)CNC(=O)[C@@H]2CCCN2C(=O)[C@H](CCCCN)NC1=O. The lowest BCUT2D eigenvalue weighted by atomic mass is 10.0. The van der Waals surface area contributed by atoms with E-state index in [-0.39, 0.29) is 130 Å². The summed E-state index contributed by atoms with van der Waals surface area (Å²) in [5.74, 6) is -7.12. The van der Waals surface area contributed by atoms with Gasteiger partial charge in [0.1, 0.15) is 61.5 Å². The minimum absolute atomic E-state index is 0.000933. The summed E-state index contributed by atoms with van der Waals surface area (Å²) in [5, 5.41) is 26.9. The zero-order chi connectivity index (χ0) is 64.6. The molecule has 30 heteroatoms. The van der Waals surface area contributed by atoms with Crippen molar-refractivity contribution in [2.24, 2.45) is 22.9 Å². The number of alkyl carbamates (subject to hydrolysis) is 2. The number of carbonyl (C=O) groups excluding carboxylic acids is 12. The van der Waals surface area contributed by atoms with Crippen LogP contribution in [0.25, 0.3) is 0 Å². The Bertz CT molecular complexity index is 2140. The Morgan fingerprint density at radius 2 is 0.727 bits per heavy atom. The minimum Gasteiger partial charge on any atom is -0.445 e. The fourth-order valence-corrected chi connectivity index (χ4v) is 10.4. The van der Waals surface area contributed by atoms with Crippen LogP contribution < -0.4 is 76.1 Å². The molecule has 30 nitrogen and oxygen atoms in total. The molecule has 12 amide bonds. The Labute approximate surface area is 516 Å². The smallest absolute Gasteiger partial charge is 0.407 e. The summed E-state index contributed by atoms with van der Waals surface area (Å²) in [7, 11) is 0. The Kier molecular flexibility index (Phi) is 36.8. The molecule has 0 aromatic carbocycles. The summed E-state index contributed by atoms with van der Waals surface area (Å²) in [6.45, 7) is 7.39. The van der Waals surface area contributed by atoms with E-state index in [1.807, 2.05) is 0 Å². The van der Waals surface area contributed by atoms with E-state index in [1.165, 1.54) is 22.0 Å². The van der Waals surface area contributed by atoms with Crippen molar-refractivity contribution in [3.63, 3.8) is 0 Å². The van der Waals surface area contributed by atoms with E-state index in [2.05, 4.69) is 66.3 Å². The molecule has 0 unspecified atom stereocenters. The third-order valence-electron chi connectivity index (χ3n) is 15.2. The monoisotopic (exact) mass is 1240 g/mol. The van der Waals surface area contributed by atoms with Crippen molar-refractivity contribution in [1.29, 1.82) is 0 Å². The number of rotatable bonds is 30. The highest BCUT2D eigenvalue weighted by atomic mass is 16.6. The zero-order valence-corrected chi connectivity index (χ0v) is 51.1. The van der Waals surface area contributed by atoms with Crippen LogP contribution in [0.4, 0.5) is 9.59 Å². The fraction of sp³-hybridized carbons (Fsp3) is 0.724. The predicted octanol–water partition coefficient (Wildman–Crippen LogP) is -2.20. The van der Waals surface area contributed by atoms with E-state index >= 15 is 0 Å². The van der Waals surface area contributed by atoms with E-state index in [1.54, 1.807) is 0 Å². The first-order chi connectivity index (χ1) is 42.4. The molecule has 3 fully saturated rings. The highest BCUT2D eigenvalue weighted by Gasteiger charge is 2.41. The van der Waals surface area contributed by atoms with Crippen LogP contribution >= 0.6 is 0 Å². The van der Waals surface area contributed by atoms with Gasteiger partial charge in [0, 0.05) is 26.2 Å². The normalized spacial score (nSPS) is 23.3. The topological polar surface area (TPSA) is 454 Å². The summed E-state index contributed by atoms with van der Waals surface area (Å²) in [4.78, 5) is 169. The number of amides is 12. The fourth-order valence-electron chi connectivity index (χ4n) is 10.4. The number of carbonyl (C=O) groups is 12. The number of hydrogen-bond donors (Lipinski definition) is 14. The molecule has 0 bridgehead atoms. The van der Waals surface area contributed by atoms with Crippen molar-refractivity contribution in [1.82, 2.24) is 63.0 Å². The summed E-state index contributed by atoms with van der Waals surface area (Å²) >= 11 is 0. The van der Waals surface area contributed by atoms with Gasteiger partial charge >= 0.3 is 12.2 Å². The van der Waals surface area contributed by atoms with Gasteiger partial charge in [-0.25, -0.2) is 9.59 Å². The molecule has 88 heavy (non-hydrogen) atoms. The maximum atomic E-state index is 14.6. The molecule has 3 rings (SSSR count). The molecule has 0 aliphatic carbocycles. The Morgan fingerprint density at radius 3 is 1.05 bits per heavy atom. The van der Waals surface area contributed by atoms with Gasteiger partial charge in [-0.05, 0) is 167 Å². The van der Waals surface area contributed by atoms with Gasteiger partial charge in [-0.2, -0.15) is 0 Å². The first kappa shape index (κ1) is 74.8. The average molecular weight is 1250 g/mol. The number of unbranched alkanes of at least 4 members (excludes halogenated alkanes) is 6. The molecule has 18 N–H and O–H groups in total. The second-order valence-corrected chi connectivity index (χ2v) is 22.1. The van der Waals surface area contributed by atoms with Gasteiger partial charge in [0.2, 0.25) is 59.1 Å². The molecule has 3 aliphatic heterocycles. The summed E-state index contributed by atoms with van der Waals surface area (Å²) in [6.07, 6.45) is 7.58. The number of nitrogens with one attached hydrogen (secondary N) is 10. The van der Waals surface area contributed by atoms with Crippen molar-refractivity contribution in [2.45, 2.75) is 190 Å². The summed E-state index contributed by atoms with van der Waals surface area (Å²) < 4.78 is 9.95. The number of hydrogen-bond acceptors (Lipinski definition) is 18. The first-order valence-electron chi connectivity index (χ1n) is 31.2. The van der Waals surface area contributed by atoms with Gasteiger partial charge in [-0.15, -0.1) is 0 Å². The molecule has 0 aromatic heterocycles. The van der Waals surface area contributed by atoms with Gasteiger partial charge in [0.15, 0.2) is 0 Å². The average Bonchev–Trinajstić information content (AvgIpc) is 2.33. The van der Waals surface area contributed by atoms with Crippen LogP contribution in [-0.2, 0) is 57.4 Å². The van der Waals surface area contributed by atoms with Crippen LogP contribution in [0.15, 0.2) is 25.3 Å². The largest absolute Gasteiger partial charge is 0.445 e. The van der Waals surface area contributed by atoms with Crippen molar-refractivity contribution in [2.75, 3.05) is 78.7 Å². The third kappa shape index (κ3) is 27.7. The molecule has 3 aliphatic rings. The van der Waals surface area contributed by atoms with Crippen molar-refractivity contribution >= 4 is 71.3 Å². The van der Waals surface area contributed by atoms with Crippen molar-refractivity contribution in [3.05, 3.63) is 25.3 Å². The molecule has 8 atom stereocenters. The molecule has 0 aromatic rings. The van der Waals surface area contributed by atoms with Crippen molar-refractivity contribution < 1.29 is 67.0 Å². The van der Waals surface area contributed by atoms with Crippen LogP contribution in [0.5, 0.6) is 0 Å². The zero-order valence-electron chi connectivity index (χ0n) is 51.1. The summed E-state index contributed by atoms with van der Waals surface area (Å²) in [5.41, 5.74) is 23.3. The molecule has 3 heterocycles. The van der Waals surface area contributed by atoms with Crippen LogP contribution in [0.2, 0.25) is 0 Å². The summed E-state index contributed by atoms with van der Waals surface area (Å²) in [6, 6.07) is -9.67. The third-order valence-corrected chi connectivity index (χ3v) is 15.2. The van der Waals surface area contributed by atoms with E-state index in [0.717, 1.165) is 0 Å². The van der Waals surface area contributed by atoms with Crippen LogP contribution in [0, 0.1) is 0 Å². The highest BCUT2D eigenvalue weighted by molar-refractivity contribution is 5.99. The Hall–Kier alpha value is -7.44. The number of ether oxygens (including phenoxy) is 2. The lowest BCUT2D eigenvalue weighted by molar-refractivity contribution is -0.142. The Balaban J connectivity index is 2.09. The molecular formula is C58H100N16O14. The molecule has 3 saturated heterocycles. The minimum atomic E-state index is -1.30. The molecule has 0 radical (unpaired) electrons. The molecular weight excluding hydrogens is 1140 g/mol. The predicted molar refractivity (Wildman–Crippen MR) is 325 cm³/mol. The van der Waals surface area contributed by atoms with Crippen LogP contribution in [-0.4, -0.2) is 208 Å².